The molecule has 0 saturated carbocycles. The van der Waals surface area contributed by atoms with Crippen LogP contribution in [0.4, 0.5) is 13.2 Å². The minimum atomic E-state index is -2.89. The van der Waals surface area contributed by atoms with Crippen LogP contribution in [0.25, 0.3) is 0 Å². The molecule has 0 aromatic heterocycles. The molecular formula is C15H11F3N2O2. The smallest absolute Gasteiger partial charge is 0.387 e. The molecule has 0 bridgehead atoms. The van der Waals surface area contributed by atoms with Gasteiger partial charge >= 0.3 is 6.61 Å². The number of halogens is 3. The van der Waals surface area contributed by atoms with Crippen molar-refractivity contribution in [3.63, 3.8) is 0 Å². The van der Waals surface area contributed by atoms with Gasteiger partial charge in [0.05, 0.1) is 11.8 Å². The van der Waals surface area contributed by atoms with Crippen LogP contribution in [-0.4, -0.2) is 18.7 Å². The number of hydrazone groups is 1. The third-order valence-electron chi connectivity index (χ3n) is 2.60. The van der Waals surface area contributed by atoms with Crippen molar-refractivity contribution < 1.29 is 22.7 Å². The first-order valence-electron chi connectivity index (χ1n) is 6.19. The average molecular weight is 308 g/mol. The van der Waals surface area contributed by atoms with E-state index in [0.717, 1.165) is 0 Å². The maximum absolute atomic E-state index is 13.4. The highest BCUT2D eigenvalue weighted by Crippen LogP contribution is 2.14. The van der Waals surface area contributed by atoms with Gasteiger partial charge in [-0.25, -0.2) is 9.82 Å². The molecule has 2 aromatic carbocycles. The highest BCUT2D eigenvalue weighted by molar-refractivity contribution is 5.95. The van der Waals surface area contributed by atoms with Gasteiger partial charge in [-0.2, -0.15) is 13.9 Å². The van der Waals surface area contributed by atoms with Gasteiger partial charge in [0.2, 0.25) is 0 Å². The van der Waals surface area contributed by atoms with Gasteiger partial charge in [0.15, 0.2) is 0 Å². The summed E-state index contributed by atoms with van der Waals surface area (Å²) in [4.78, 5) is 11.7. The van der Waals surface area contributed by atoms with Crippen molar-refractivity contribution in [3.8, 4) is 5.75 Å². The Balaban J connectivity index is 1.95. The van der Waals surface area contributed by atoms with Crippen molar-refractivity contribution in [1.82, 2.24) is 5.43 Å². The van der Waals surface area contributed by atoms with Gasteiger partial charge in [0, 0.05) is 0 Å². The summed E-state index contributed by atoms with van der Waals surface area (Å²) >= 11 is 0. The number of hydrogen-bond donors (Lipinski definition) is 1. The zero-order valence-corrected chi connectivity index (χ0v) is 11.2. The minimum Gasteiger partial charge on any atom is -0.435 e. The molecular weight excluding hydrogens is 297 g/mol. The zero-order valence-electron chi connectivity index (χ0n) is 11.2. The third-order valence-corrected chi connectivity index (χ3v) is 2.60. The van der Waals surface area contributed by atoms with Gasteiger partial charge in [-0.15, -0.1) is 0 Å². The zero-order chi connectivity index (χ0) is 15.9. The molecule has 0 atom stereocenters. The van der Waals surface area contributed by atoms with Crippen molar-refractivity contribution in [3.05, 3.63) is 65.5 Å². The first kappa shape index (κ1) is 15.6. The van der Waals surface area contributed by atoms with Gasteiger partial charge < -0.3 is 4.74 Å². The van der Waals surface area contributed by atoms with Crippen LogP contribution in [0.5, 0.6) is 5.75 Å². The number of nitrogens with one attached hydrogen (secondary N) is 1. The maximum Gasteiger partial charge on any atom is 0.387 e. The number of carbonyl (C=O) groups excluding carboxylic acids is 1. The topological polar surface area (TPSA) is 50.7 Å². The predicted molar refractivity (Wildman–Crippen MR) is 74.5 cm³/mol. The lowest BCUT2D eigenvalue weighted by Gasteiger charge is -2.03. The number of benzene rings is 2. The molecule has 114 valence electrons. The van der Waals surface area contributed by atoms with Crippen LogP contribution in [0, 0.1) is 5.82 Å². The number of hydrogen-bond acceptors (Lipinski definition) is 3. The molecule has 0 radical (unpaired) electrons. The second-order valence-corrected chi connectivity index (χ2v) is 4.13. The Morgan fingerprint density at radius 3 is 2.45 bits per heavy atom. The highest BCUT2D eigenvalue weighted by Gasteiger charge is 2.09. The summed E-state index contributed by atoms with van der Waals surface area (Å²) in [5.41, 5.74) is 2.60. The molecule has 1 N–H and O–H groups in total. The molecule has 0 spiro atoms. The molecule has 2 rings (SSSR count). The van der Waals surface area contributed by atoms with Crippen molar-refractivity contribution in [1.29, 1.82) is 0 Å². The van der Waals surface area contributed by atoms with Crippen LogP contribution in [0.3, 0.4) is 0 Å². The monoisotopic (exact) mass is 308 g/mol. The van der Waals surface area contributed by atoms with E-state index in [4.69, 9.17) is 0 Å². The maximum atomic E-state index is 13.4. The molecule has 0 heterocycles. The molecule has 2 aromatic rings. The van der Waals surface area contributed by atoms with E-state index in [0.29, 0.717) is 5.56 Å². The van der Waals surface area contributed by atoms with Gasteiger partial charge in [-0.3, -0.25) is 4.79 Å². The van der Waals surface area contributed by atoms with E-state index in [1.165, 1.54) is 54.7 Å². The number of ether oxygens (including phenoxy) is 1. The summed E-state index contributed by atoms with van der Waals surface area (Å²) in [5, 5.41) is 3.67. The third kappa shape index (κ3) is 4.34. The Bertz CT molecular complexity index is 673. The summed E-state index contributed by atoms with van der Waals surface area (Å²) in [6.45, 7) is -2.89. The average Bonchev–Trinajstić information content (AvgIpc) is 2.49. The quantitative estimate of drug-likeness (QED) is 0.681. The SMILES string of the molecule is O=C(N/N=C/c1ccc(OC(F)F)cc1)c1ccccc1F. The summed E-state index contributed by atoms with van der Waals surface area (Å²) in [6.07, 6.45) is 1.30. The standard InChI is InChI=1S/C15H11F3N2O2/c16-13-4-2-1-3-12(13)14(21)20-19-9-10-5-7-11(8-6-10)22-15(17)18/h1-9,15H,(H,20,21)/b19-9+. The molecule has 7 heteroatoms. The molecule has 0 unspecified atom stereocenters. The van der Waals surface area contributed by atoms with Crippen molar-refractivity contribution in [2.24, 2.45) is 5.10 Å². The van der Waals surface area contributed by atoms with E-state index in [1.807, 2.05) is 0 Å². The van der Waals surface area contributed by atoms with Gasteiger partial charge in [-0.05, 0) is 42.0 Å². The van der Waals surface area contributed by atoms with Crippen molar-refractivity contribution in [2.45, 2.75) is 6.61 Å². The Morgan fingerprint density at radius 1 is 1.14 bits per heavy atom. The molecule has 0 saturated heterocycles. The first-order chi connectivity index (χ1) is 10.6. The molecule has 1 amide bonds. The van der Waals surface area contributed by atoms with Crippen molar-refractivity contribution >= 4 is 12.1 Å². The number of nitrogens with zero attached hydrogens (tertiary/aromatic N) is 1. The van der Waals surface area contributed by atoms with Gasteiger partial charge in [0.25, 0.3) is 5.91 Å². The van der Waals surface area contributed by atoms with Crippen LogP contribution in [0.15, 0.2) is 53.6 Å². The van der Waals surface area contributed by atoms with E-state index < -0.39 is 18.3 Å². The largest absolute Gasteiger partial charge is 0.435 e. The molecule has 0 aliphatic heterocycles. The molecule has 0 aliphatic rings. The van der Waals surface area contributed by atoms with Crippen LogP contribution < -0.4 is 10.2 Å². The fourth-order valence-corrected chi connectivity index (χ4v) is 1.61. The molecule has 0 aliphatic carbocycles. The van der Waals surface area contributed by atoms with Crippen LogP contribution in [0.2, 0.25) is 0 Å². The normalized spacial score (nSPS) is 10.9. The van der Waals surface area contributed by atoms with Crippen LogP contribution in [0.1, 0.15) is 15.9 Å². The lowest BCUT2D eigenvalue weighted by molar-refractivity contribution is -0.0498. The van der Waals surface area contributed by atoms with Gasteiger partial charge in [-0.1, -0.05) is 12.1 Å². The number of rotatable bonds is 5. The van der Waals surface area contributed by atoms with E-state index in [2.05, 4.69) is 15.3 Å². The number of carbonyl (C=O) groups is 1. The Kier molecular flexibility index (Phi) is 5.13. The summed E-state index contributed by atoms with van der Waals surface area (Å²) < 4.78 is 41.5. The summed E-state index contributed by atoms with van der Waals surface area (Å²) in [7, 11) is 0. The lowest BCUT2D eigenvalue weighted by atomic mass is 10.2. The molecule has 0 fully saturated rings. The fraction of sp³-hybridized carbons (Fsp3) is 0.0667. The second-order valence-electron chi connectivity index (χ2n) is 4.13. The van der Waals surface area contributed by atoms with E-state index >= 15 is 0 Å². The van der Waals surface area contributed by atoms with Crippen LogP contribution in [-0.2, 0) is 0 Å². The van der Waals surface area contributed by atoms with Crippen LogP contribution >= 0.6 is 0 Å². The summed E-state index contributed by atoms with van der Waals surface area (Å²) in [5.74, 6) is -1.32. The lowest BCUT2D eigenvalue weighted by Crippen LogP contribution is -2.18. The Labute approximate surface area is 124 Å². The van der Waals surface area contributed by atoms with Crippen molar-refractivity contribution in [2.75, 3.05) is 0 Å². The molecule has 4 nitrogen and oxygen atoms in total. The molecule has 22 heavy (non-hydrogen) atoms. The van der Waals surface area contributed by atoms with E-state index in [9.17, 15) is 18.0 Å². The minimum absolute atomic E-state index is 0.0162. The van der Waals surface area contributed by atoms with E-state index in [-0.39, 0.29) is 11.3 Å². The predicted octanol–water partition coefficient (Wildman–Crippen LogP) is 3.19. The van der Waals surface area contributed by atoms with E-state index in [1.54, 1.807) is 0 Å². The fourth-order valence-electron chi connectivity index (χ4n) is 1.61. The summed E-state index contributed by atoms with van der Waals surface area (Å²) in [6, 6.07) is 11.1. The van der Waals surface area contributed by atoms with Gasteiger partial charge in [0.1, 0.15) is 11.6 Å². The highest BCUT2D eigenvalue weighted by atomic mass is 19.3. The Morgan fingerprint density at radius 2 is 1.82 bits per heavy atom. The first-order valence-corrected chi connectivity index (χ1v) is 6.19. The Hall–Kier alpha value is -2.83. The second kappa shape index (κ2) is 7.26. The number of amides is 1. The number of alkyl halides is 2.